The van der Waals surface area contributed by atoms with Crippen LogP contribution in [-0.4, -0.2) is 63.4 Å². The van der Waals surface area contributed by atoms with Crippen LogP contribution in [0.5, 0.6) is 0 Å². The lowest BCUT2D eigenvalue weighted by Crippen LogP contribution is -2.46. The number of ether oxygens (including phenoxy) is 2. The van der Waals surface area contributed by atoms with Gasteiger partial charge in [-0.2, -0.15) is 0 Å². The average molecular weight is 333 g/mol. The Bertz CT molecular complexity index is 569. The maximum atomic E-state index is 12.5. The number of rotatable bonds is 9. The molecule has 0 radical (unpaired) electrons. The van der Waals surface area contributed by atoms with Gasteiger partial charge in [0.25, 0.3) is 5.91 Å². The summed E-state index contributed by atoms with van der Waals surface area (Å²) < 4.78 is 10.8. The van der Waals surface area contributed by atoms with E-state index >= 15 is 0 Å². The van der Waals surface area contributed by atoms with Gasteiger partial charge >= 0.3 is 0 Å². The zero-order valence-electron chi connectivity index (χ0n) is 13.7. The van der Waals surface area contributed by atoms with Gasteiger partial charge in [-0.15, -0.1) is 0 Å². The van der Waals surface area contributed by atoms with Gasteiger partial charge in [0.05, 0.1) is 26.4 Å². The highest BCUT2D eigenvalue weighted by molar-refractivity contribution is 5.94. The lowest BCUT2D eigenvalue weighted by atomic mass is 10.1. The first kappa shape index (κ1) is 18.2. The van der Waals surface area contributed by atoms with E-state index in [-0.39, 0.29) is 5.91 Å². The zero-order chi connectivity index (χ0) is 17.0. The molecule has 0 aliphatic carbocycles. The van der Waals surface area contributed by atoms with E-state index in [0.29, 0.717) is 38.5 Å². The molecule has 1 saturated heterocycles. The third-order valence-corrected chi connectivity index (χ3v) is 3.62. The molecule has 24 heavy (non-hydrogen) atoms. The molecule has 8 nitrogen and oxygen atoms in total. The van der Waals surface area contributed by atoms with E-state index in [1.807, 2.05) is 29.2 Å². The number of nitrogens with zero attached hydrogens (tertiary/aromatic N) is 4. The molecule has 0 spiro atoms. The van der Waals surface area contributed by atoms with E-state index in [1.165, 1.54) is 0 Å². The first-order valence-corrected chi connectivity index (χ1v) is 8.06. The second-order valence-corrected chi connectivity index (χ2v) is 5.36. The Balaban J connectivity index is 1.72. The lowest BCUT2D eigenvalue weighted by molar-refractivity contribution is 0.0433. The number of carbonyl (C=O) groups excluding carboxylic acids is 1. The Labute approximate surface area is 141 Å². The summed E-state index contributed by atoms with van der Waals surface area (Å²) in [5, 5.41) is 6.62. The van der Waals surface area contributed by atoms with E-state index in [1.54, 1.807) is 0 Å². The SMILES string of the molecule is [N-]=[N+]=NCCOCCOCc1cccc(C(=O)N2CCNCC2)c1. The van der Waals surface area contributed by atoms with Gasteiger partial charge in [-0.3, -0.25) is 4.79 Å². The van der Waals surface area contributed by atoms with Crippen molar-refractivity contribution in [3.05, 3.63) is 45.8 Å². The first-order valence-electron chi connectivity index (χ1n) is 8.06. The van der Waals surface area contributed by atoms with Crippen LogP contribution in [0.1, 0.15) is 15.9 Å². The average Bonchev–Trinajstić information content (AvgIpc) is 2.64. The van der Waals surface area contributed by atoms with Crippen molar-refractivity contribution >= 4 is 5.91 Å². The van der Waals surface area contributed by atoms with Crippen LogP contribution in [-0.2, 0) is 16.1 Å². The van der Waals surface area contributed by atoms with Gasteiger partial charge in [0.1, 0.15) is 0 Å². The molecule has 1 aliphatic heterocycles. The fourth-order valence-electron chi connectivity index (χ4n) is 2.40. The fraction of sp³-hybridized carbons (Fsp3) is 0.562. The predicted octanol–water partition coefficient (Wildman–Crippen LogP) is 1.58. The van der Waals surface area contributed by atoms with E-state index < -0.39 is 0 Å². The van der Waals surface area contributed by atoms with Gasteiger partial charge in [0, 0.05) is 43.2 Å². The third kappa shape index (κ3) is 6.17. The maximum absolute atomic E-state index is 12.5. The number of benzene rings is 1. The first-order chi connectivity index (χ1) is 11.8. The van der Waals surface area contributed by atoms with Gasteiger partial charge in [0.2, 0.25) is 0 Å². The number of amides is 1. The topological polar surface area (TPSA) is 99.6 Å². The van der Waals surface area contributed by atoms with Gasteiger partial charge in [-0.05, 0) is 23.2 Å². The molecule has 0 aromatic heterocycles. The highest BCUT2D eigenvalue weighted by atomic mass is 16.5. The van der Waals surface area contributed by atoms with Crippen molar-refractivity contribution in [3.63, 3.8) is 0 Å². The van der Waals surface area contributed by atoms with Crippen LogP contribution in [0.4, 0.5) is 0 Å². The summed E-state index contributed by atoms with van der Waals surface area (Å²) in [6.45, 7) is 5.21. The minimum atomic E-state index is 0.0692. The Hall–Kier alpha value is -2.12. The molecule has 1 amide bonds. The van der Waals surface area contributed by atoms with E-state index in [0.717, 1.165) is 31.7 Å². The monoisotopic (exact) mass is 333 g/mol. The second-order valence-electron chi connectivity index (χ2n) is 5.36. The minimum absolute atomic E-state index is 0.0692. The van der Waals surface area contributed by atoms with E-state index in [4.69, 9.17) is 15.0 Å². The molecule has 1 aromatic carbocycles. The molecule has 1 fully saturated rings. The Morgan fingerprint density at radius 2 is 2.04 bits per heavy atom. The highest BCUT2D eigenvalue weighted by Crippen LogP contribution is 2.10. The van der Waals surface area contributed by atoms with Crippen LogP contribution >= 0.6 is 0 Å². The standard InChI is InChI=1S/C16H23N5O3/c17-20-19-6-9-23-10-11-24-13-14-2-1-3-15(12-14)16(22)21-7-4-18-5-8-21/h1-3,12,18H,4-11,13H2. The van der Waals surface area contributed by atoms with Crippen molar-refractivity contribution < 1.29 is 14.3 Å². The molecular weight excluding hydrogens is 310 g/mol. The quantitative estimate of drug-likeness (QED) is 0.321. The molecule has 0 atom stereocenters. The summed E-state index contributed by atoms with van der Waals surface area (Å²) in [5.74, 6) is 0.0692. The van der Waals surface area contributed by atoms with Gasteiger partial charge < -0.3 is 19.7 Å². The fourth-order valence-corrected chi connectivity index (χ4v) is 2.40. The molecule has 1 aromatic rings. The van der Waals surface area contributed by atoms with Crippen molar-refractivity contribution in [2.45, 2.75) is 6.61 Å². The Morgan fingerprint density at radius 3 is 2.83 bits per heavy atom. The van der Waals surface area contributed by atoms with Gasteiger partial charge in [0.15, 0.2) is 0 Å². The largest absolute Gasteiger partial charge is 0.379 e. The van der Waals surface area contributed by atoms with Crippen LogP contribution in [0.3, 0.4) is 0 Å². The number of hydrogen-bond donors (Lipinski definition) is 1. The molecular formula is C16H23N5O3. The third-order valence-electron chi connectivity index (χ3n) is 3.62. The van der Waals surface area contributed by atoms with Crippen LogP contribution in [0.25, 0.3) is 10.4 Å². The number of nitrogens with one attached hydrogen (secondary N) is 1. The zero-order valence-corrected chi connectivity index (χ0v) is 13.7. The highest BCUT2D eigenvalue weighted by Gasteiger charge is 2.17. The molecule has 8 heteroatoms. The minimum Gasteiger partial charge on any atom is -0.379 e. The number of azide groups is 1. The molecule has 0 unspecified atom stereocenters. The van der Waals surface area contributed by atoms with Crippen molar-refractivity contribution in [1.82, 2.24) is 10.2 Å². The summed E-state index contributed by atoms with van der Waals surface area (Å²) in [6, 6.07) is 7.54. The molecule has 1 heterocycles. The van der Waals surface area contributed by atoms with E-state index in [9.17, 15) is 4.79 Å². The van der Waals surface area contributed by atoms with Crippen LogP contribution in [0.15, 0.2) is 29.4 Å². The van der Waals surface area contributed by atoms with Crippen molar-refractivity contribution in [1.29, 1.82) is 0 Å². The normalized spacial score (nSPS) is 14.2. The van der Waals surface area contributed by atoms with Crippen LogP contribution in [0.2, 0.25) is 0 Å². The van der Waals surface area contributed by atoms with Crippen LogP contribution in [0, 0.1) is 0 Å². The van der Waals surface area contributed by atoms with Crippen LogP contribution < -0.4 is 5.32 Å². The Kier molecular flexibility index (Phi) is 8.06. The van der Waals surface area contributed by atoms with Gasteiger partial charge in [-0.1, -0.05) is 17.2 Å². The Morgan fingerprint density at radius 1 is 1.25 bits per heavy atom. The lowest BCUT2D eigenvalue weighted by Gasteiger charge is -2.27. The van der Waals surface area contributed by atoms with E-state index in [2.05, 4.69) is 15.3 Å². The summed E-state index contributed by atoms with van der Waals surface area (Å²) in [7, 11) is 0. The smallest absolute Gasteiger partial charge is 0.253 e. The summed E-state index contributed by atoms with van der Waals surface area (Å²) >= 11 is 0. The maximum Gasteiger partial charge on any atom is 0.253 e. The molecule has 130 valence electrons. The number of piperazine rings is 1. The van der Waals surface area contributed by atoms with Crippen molar-refractivity contribution in [3.8, 4) is 0 Å². The molecule has 2 rings (SSSR count). The summed E-state index contributed by atoms with van der Waals surface area (Å²) in [4.78, 5) is 17.0. The molecule has 0 bridgehead atoms. The van der Waals surface area contributed by atoms with Gasteiger partial charge in [-0.25, -0.2) is 0 Å². The summed E-state index contributed by atoms with van der Waals surface area (Å²) in [5.41, 5.74) is 9.79. The van der Waals surface area contributed by atoms with Crippen molar-refractivity contribution in [2.75, 3.05) is 52.5 Å². The summed E-state index contributed by atoms with van der Waals surface area (Å²) in [6.07, 6.45) is 0. The predicted molar refractivity (Wildman–Crippen MR) is 89.7 cm³/mol. The second kappa shape index (κ2) is 10.6. The molecule has 1 N–H and O–H groups in total. The molecule has 0 saturated carbocycles. The molecule has 1 aliphatic rings. The van der Waals surface area contributed by atoms with Crippen molar-refractivity contribution in [2.24, 2.45) is 5.11 Å². The number of hydrogen-bond acceptors (Lipinski definition) is 5. The number of carbonyl (C=O) groups is 1.